The number of aliphatic carboxylic acids is 1. The van der Waals surface area contributed by atoms with Crippen molar-refractivity contribution in [2.45, 2.75) is 26.4 Å². The quantitative estimate of drug-likeness (QED) is 0.786. The molecule has 0 aromatic carbocycles. The Balaban J connectivity index is 2.45. The normalized spacial score (nSPS) is 13.1. The van der Waals surface area contributed by atoms with E-state index >= 15 is 0 Å². The first-order chi connectivity index (χ1) is 6.61. The van der Waals surface area contributed by atoms with E-state index in [-0.39, 0.29) is 5.92 Å². The number of rotatable bonds is 5. The molecule has 2 N–H and O–H groups in total. The summed E-state index contributed by atoms with van der Waals surface area (Å²) in [6, 6.07) is 1.53. The van der Waals surface area contributed by atoms with Gasteiger partial charge in [0.1, 0.15) is 6.04 Å². The van der Waals surface area contributed by atoms with Crippen LogP contribution in [-0.4, -0.2) is 17.1 Å². The predicted molar refractivity (Wildman–Crippen MR) is 57.4 cm³/mol. The number of hydrogen-bond donors (Lipinski definition) is 2. The van der Waals surface area contributed by atoms with Crippen molar-refractivity contribution in [1.29, 1.82) is 0 Å². The van der Waals surface area contributed by atoms with E-state index in [1.165, 1.54) is 0 Å². The fraction of sp³-hybridized carbons (Fsp3) is 0.500. The molecule has 4 heteroatoms. The molecule has 0 spiro atoms. The molecule has 3 nitrogen and oxygen atoms in total. The average molecular weight is 213 g/mol. The van der Waals surface area contributed by atoms with Crippen molar-refractivity contribution in [1.82, 2.24) is 5.32 Å². The third kappa shape index (κ3) is 3.12. The molecular formula is C10H15NO2S. The van der Waals surface area contributed by atoms with Crippen LogP contribution in [0.3, 0.4) is 0 Å². The van der Waals surface area contributed by atoms with E-state index in [9.17, 15) is 4.79 Å². The van der Waals surface area contributed by atoms with E-state index in [1.807, 2.05) is 30.7 Å². The summed E-state index contributed by atoms with van der Waals surface area (Å²) in [5.41, 5.74) is 1.14. The number of carbonyl (C=O) groups is 1. The Labute approximate surface area is 87.8 Å². The van der Waals surface area contributed by atoms with Crippen LogP contribution in [0.15, 0.2) is 16.8 Å². The second-order valence-corrected chi connectivity index (χ2v) is 4.35. The fourth-order valence-electron chi connectivity index (χ4n) is 1.23. The zero-order valence-electron chi connectivity index (χ0n) is 8.36. The fourth-order valence-corrected chi connectivity index (χ4v) is 1.90. The van der Waals surface area contributed by atoms with E-state index in [2.05, 4.69) is 5.32 Å². The number of thiophene rings is 1. The summed E-state index contributed by atoms with van der Waals surface area (Å²) in [5.74, 6) is -0.679. The number of carboxylic acids is 1. The van der Waals surface area contributed by atoms with E-state index < -0.39 is 12.0 Å². The first-order valence-electron chi connectivity index (χ1n) is 4.58. The zero-order chi connectivity index (χ0) is 10.6. The molecule has 0 aliphatic heterocycles. The molecule has 1 atom stereocenters. The maximum atomic E-state index is 10.8. The molecule has 0 amide bonds. The Morgan fingerprint density at radius 1 is 1.64 bits per heavy atom. The Morgan fingerprint density at radius 2 is 2.36 bits per heavy atom. The van der Waals surface area contributed by atoms with Gasteiger partial charge in [0.2, 0.25) is 0 Å². The van der Waals surface area contributed by atoms with Gasteiger partial charge in [-0.05, 0) is 28.3 Å². The molecule has 1 aromatic rings. The molecule has 0 saturated heterocycles. The Bertz CT molecular complexity index is 282. The third-order valence-electron chi connectivity index (χ3n) is 2.04. The molecule has 14 heavy (non-hydrogen) atoms. The summed E-state index contributed by atoms with van der Waals surface area (Å²) in [4.78, 5) is 10.8. The van der Waals surface area contributed by atoms with Crippen LogP contribution in [0, 0.1) is 5.92 Å². The molecule has 1 aromatic heterocycles. The Kier molecular flexibility index (Phi) is 4.10. The first-order valence-corrected chi connectivity index (χ1v) is 5.53. The molecule has 0 bridgehead atoms. The maximum Gasteiger partial charge on any atom is 0.320 e. The van der Waals surface area contributed by atoms with Crippen molar-refractivity contribution in [2.24, 2.45) is 5.92 Å². The lowest BCUT2D eigenvalue weighted by Gasteiger charge is -2.17. The van der Waals surface area contributed by atoms with Crippen molar-refractivity contribution < 1.29 is 9.90 Å². The third-order valence-corrected chi connectivity index (χ3v) is 2.77. The molecule has 0 aliphatic rings. The molecular weight excluding hydrogens is 198 g/mol. The standard InChI is InChI=1S/C10H15NO2S/c1-7(2)9(10(12)13)11-5-8-3-4-14-6-8/h3-4,6-7,9,11H,5H2,1-2H3,(H,12,13). The lowest BCUT2D eigenvalue weighted by Crippen LogP contribution is -2.40. The topological polar surface area (TPSA) is 49.3 Å². The van der Waals surface area contributed by atoms with Crippen LogP contribution in [0.5, 0.6) is 0 Å². The monoisotopic (exact) mass is 213 g/mol. The van der Waals surface area contributed by atoms with Crippen molar-refractivity contribution >= 4 is 17.3 Å². The van der Waals surface area contributed by atoms with Gasteiger partial charge in [0.05, 0.1) is 0 Å². The summed E-state index contributed by atoms with van der Waals surface area (Å²) in [6.07, 6.45) is 0. The van der Waals surface area contributed by atoms with Crippen LogP contribution < -0.4 is 5.32 Å². The molecule has 0 saturated carbocycles. The highest BCUT2D eigenvalue weighted by molar-refractivity contribution is 7.07. The van der Waals surface area contributed by atoms with Gasteiger partial charge in [-0.25, -0.2) is 0 Å². The Morgan fingerprint density at radius 3 is 2.79 bits per heavy atom. The van der Waals surface area contributed by atoms with Gasteiger partial charge >= 0.3 is 5.97 Å². The van der Waals surface area contributed by atoms with E-state index in [4.69, 9.17) is 5.11 Å². The van der Waals surface area contributed by atoms with Gasteiger partial charge in [0, 0.05) is 6.54 Å². The minimum absolute atomic E-state index is 0.103. The van der Waals surface area contributed by atoms with E-state index in [1.54, 1.807) is 11.3 Å². The number of hydrogen-bond acceptors (Lipinski definition) is 3. The molecule has 0 radical (unpaired) electrons. The first kappa shape index (κ1) is 11.2. The summed E-state index contributed by atoms with van der Waals surface area (Å²) in [6.45, 7) is 4.43. The van der Waals surface area contributed by atoms with Crippen LogP contribution in [0.25, 0.3) is 0 Å². The van der Waals surface area contributed by atoms with Crippen LogP contribution in [0.1, 0.15) is 19.4 Å². The lowest BCUT2D eigenvalue weighted by molar-refractivity contribution is -0.140. The Hall–Kier alpha value is -0.870. The number of carboxylic acid groups (broad SMARTS) is 1. The smallest absolute Gasteiger partial charge is 0.320 e. The summed E-state index contributed by atoms with van der Waals surface area (Å²) in [5, 5.41) is 15.9. The lowest BCUT2D eigenvalue weighted by atomic mass is 10.0. The highest BCUT2D eigenvalue weighted by Gasteiger charge is 2.20. The molecule has 1 heterocycles. The van der Waals surface area contributed by atoms with Crippen LogP contribution in [0.4, 0.5) is 0 Å². The van der Waals surface area contributed by atoms with E-state index in [0.717, 1.165) is 5.56 Å². The predicted octanol–water partition coefficient (Wildman–Crippen LogP) is 1.95. The molecule has 1 unspecified atom stereocenters. The van der Waals surface area contributed by atoms with Crippen molar-refractivity contribution in [3.8, 4) is 0 Å². The van der Waals surface area contributed by atoms with Gasteiger partial charge in [0.15, 0.2) is 0 Å². The van der Waals surface area contributed by atoms with Gasteiger partial charge in [0.25, 0.3) is 0 Å². The minimum Gasteiger partial charge on any atom is -0.480 e. The van der Waals surface area contributed by atoms with Crippen molar-refractivity contribution in [3.63, 3.8) is 0 Å². The van der Waals surface area contributed by atoms with Gasteiger partial charge in [-0.15, -0.1) is 0 Å². The second-order valence-electron chi connectivity index (χ2n) is 3.57. The highest BCUT2D eigenvalue weighted by atomic mass is 32.1. The van der Waals surface area contributed by atoms with Gasteiger partial charge in [-0.1, -0.05) is 13.8 Å². The van der Waals surface area contributed by atoms with Crippen molar-refractivity contribution in [2.75, 3.05) is 0 Å². The second kappa shape index (κ2) is 5.12. The number of nitrogens with one attached hydrogen (secondary N) is 1. The van der Waals surface area contributed by atoms with Gasteiger partial charge in [-0.2, -0.15) is 11.3 Å². The van der Waals surface area contributed by atoms with Gasteiger partial charge < -0.3 is 10.4 Å². The highest BCUT2D eigenvalue weighted by Crippen LogP contribution is 2.07. The maximum absolute atomic E-state index is 10.8. The average Bonchev–Trinajstić information content (AvgIpc) is 2.55. The summed E-state index contributed by atoms with van der Waals surface area (Å²) >= 11 is 1.62. The van der Waals surface area contributed by atoms with Crippen LogP contribution in [0.2, 0.25) is 0 Å². The zero-order valence-corrected chi connectivity index (χ0v) is 9.17. The molecule has 1 rings (SSSR count). The largest absolute Gasteiger partial charge is 0.480 e. The van der Waals surface area contributed by atoms with Crippen LogP contribution >= 0.6 is 11.3 Å². The molecule has 0 fully saturated rings. The SMILES string of the molecule is CC(C)C(NCc1ccsc1)C(=O)O. The van der Waals surface area contributed by atoms with Crippen LogP contribution in [-0.2, 0) is 11.3 Å². The molecule has 78 valence electrons. The van der Waals surface area contributed by atoms with E-state index in [0.29, 0.717) is 6.54 Å². The summed E-state index contributed by atoms with van der Waals surface area (Å²) < 4.78 is 0. The molecule has 0 aliphatic carbocycles. The van der Waals surface area contributed by atoms with Crippen molar-refractivity contribution in [3.05, 3.63) is 22.4 Å². The van der Waals surface area contributed by atoms with Gasteiger partial charge in [-0.3, -0.25) is 4.79 Å². The minimum atomic E-state index is -0.782. The summed E-state index contributed by atoms with van der Waals surface area (Å²) in [7, 11) is 0.